The minimum atomic E-state index is -0.0752. The molecule has 208 valence electrons. The normalized spacial score (nSPS) is 16.1. The topological polar surface area (TPSA) is 71.3 Å². The van der Waals surface area contributed by atoms with E-state index in [-0.39, 0.29) is 17.2 Å². The quantitative estimate of drug-likeness (QED) is 0.228. The molecule has 1 aliphatic heterocycles. The number of likely N-dealkylation sites (tertiary alicyclic amines) is 1. The number of aromatic nitrogens is 2. The van der Waals surface area contributed by atoms with Crippen molar-refractivity contribution >= 4 is 23.4 Å². The van der Waals surface area contributed by atoms with Crippen LogP contribution in [-0.2, 0) is 22.5 Å². The van der Waals surface area contributed by atoms with Gasteiger partial charge in [0.25, 0.3) is 0 Å². The molecule has 0 aliphatic carbocycles. The molecule has 5 rings (SSSR count). The molecule has 0 spiro atoms. The monoisotopic (exact) mass is 554 g/mol. The number of hydrogen-bond acceptors (Lipinski definition) is 6. The largest absolute Gasteiger partial charge is 0.338 e. The van der Waals surface area contributed by atoms with Crippen LogP contribution in [0.3, 0.4) is 0 Å². The molecule has 0 radical (unpaired) electrons. The second kappa shape index (κ2) is 12.4. The van der Waals surface area contributed by atoms with Crippen molar-refractivity contribution in [1.29, 1.82) is 0 Å². The van der Waals surface area contributed by atoms with Crippen molar-refractivity contribution in [3.63, 3.8) is 0 Å². The van der Waals surface area contributed by atoms with Crippen LogP contribution in [0.1, 0.15) is 56.2 Å². The van der Waals surface area contributed by atoms with Gasteiger partial charge >= 0.3 is 0 Å². The summed E-state index contributed by atoms with van der Waals surface area (Å²) in [5.41, 5.74) is 5.53. The summed E-state index contributed by atoms with van der Waals surface area (Å²) in [5, 5.41) is 7.39. The molecule has 2 heterocycles. The van der Waals surface area contributed by atoms with E-state index in [9.17, 15) is 4.79 Å². The van der Waals surface area contributed by atoms with E-state index >= 15 is 0 Å². The first-order valence-corrected chi connectivity index (χ1v) is 15.0. The van der Waals surface area contributed by atoms with Crippen molar-refractivity contribution in [3.8, 4) is 11.4 Å². The summed E-state index contributed by atoms with van der Waals surface area (Å²) in [5.74, 6) is 2.08. The van der Waals surface area contributed by atoms with Gasteiger partial charge in [-0.25, -0.2) is 0 Å². The minimum absolute atomic E-state index is 0.0735. The number of nitrogens with zero attached hydrogens (tertiary/aromatic N) is 3. The van der Waals surface area contributed by atoms with E-state index in [1.807, 2.05) is 36.0 Å². The number of carbonyl (C=O) groups is 1. The van der Waals surface area contributed by atoms with Gasteiger partial charge in [-0.3, -0.25) is 9.69 Å². The van der Waals surface area contributed by atoms with Crippen LogP contribution in [0.5, 0.6) is 0 Å². The highest BCUT2D eigenvalue weighted by Crippen LogP contribution is 2.27. The molecule has 1 aliphatic rings. The van der Waals surface area contributed by atoms with Gasteiger partial charge in [0.1, 0.15) is 0 Å². The molecule has 6 nitrogen and oxygen atoms in total. The molecule has 40 heavy (non-hydrogen) atoms. The lowest BCUT2D eigenvalue weighted by atomic mass is 9.87. The van der Waals surface area contributed by atoms with Gasteiger partial charge in [0.05, 0.1) is 12.5 Å². The van der Waals surface area contributed by atoms with E-state index in [1.165, 1.54) is 16.0 Å². The second-order valence-corrected chi connectivity index (χ2v) is 12.7. The van der Waals surface area contributed by atoms with E-state index in [0.29, 0.717) is 24.8 Å². The number of benzene rings is 3. The van der Waals surface area contributed by atoms with Gasteiger partial charge in [0, 0.05) is 28.4 Å². The molecule has 0 bridgehead atoms. The highest BCUT2D eigenvalue weighted by Gasteiger charge is 2.27. The average Bonchev–Trinajstić information content (AvgIpc) is 3.42. The third kappa shape index (κ3) is 7.20. The van der Waals surface area contributed by atoms with Crippen molar-refractivity contribution in [1.82, 2.24) is 15.0 Å². The number of piperidine rings is 1. The van der Waals surface area contributed by atoms with E-state index in [1.54, 1.807) is 0 Å². The van der Waals surface area contributed by atoms with Gasteiger partial charge in [-0.15, -0.1) is 11.8 Å². The first-order valence-electron chi connectivity index (χ1n) is 14.0. The zero-order chi connectivity index (χ0) is 28.1. The lowest BCUT2D eigenvalue weighted by Gasteiger charge is -2.31. The predicted octanol–water partition coefficient (Wildman–Crippen LogP) is 7.49. The fraction of sp³-hybridized carbons (Fsp3) is 0.364. The Balaban J connectivity index is 1.15. The third-order valence-electron chi connectivity index (χ3n) is 7.41. The second-order valence-electron chi connectivity index (χ2n) is 11.7. The molecule has 1 aromatic heterocycles. The average molecular weight is 555 g/mol. The first-order chi connectivity index (χ1) is 19.2. The van der Waals surface area contributed by atoms with Crippen LogP contribution in [0.15, 0.2) is 82.2 Å². The number of nitrogens with one attached hydrogen (secondary N) is 1. The summed E-state index contributed by atoms with van der Waals surface area (Å²) >= 11 is 1.82. The number of thioether (sulfide) groups is 1. The highest BCUT2D eigenvalue weighted by molar-refractivity contribution is 7.98. The van der Waals surface area contributed by atoms with Crippen LogP contribution < -0.4 is 5.32 Å². The summed E-state index contributed by atoms with van der Waals surface area (Å²) in [6.45, 7) is 10.8. The maximum atomic E-state index is 13.2. The van der Waals surface area contributed by atoms with Crippen LogP contribution in [0.25, 0.3) is 11.4 Å². The van der Waals surface area contributed by atoms with Gasteiger partial charge < -0.3 is 9.84 Å². The number of anilines is 1. The molecule has 4 aromatic rings. The van der Waals surface area contributed by atoms with Crippen LogP contribution in [-0.4, -0.2) is 34.0 Å². The van der Waals surface area contributed by atoms with Crippen LogP contribution in [0, 0.1) is 12.8 Å². The summed E-state index contributed by atoms with van der Waals surface area (Å²) in [6, 6.07) is 25.1. The highest BCUT2D eigenvalue weighted by atomic mass is 32.2. The smallest absolute Gasteiger partial charge is 0.241 e. The molecular weight excluding hydrogens is 516 g/mol. The minimum Gasteiger partial charge on any atom is -0.338 e. The van der Waals surface area contributed by atoms with Crippen LogP contribution in [0.4, 0.5) is 5.69 Å². The van der Waals surface area contributed by atoms with Gasteiger partial charge in [0.15, 0.2) is 0 Å². The predicted molar refractivity (Wildman–Crippen MR) is 162 cm³/mol. The molecule has 1 N–H and O–H groups in total. The van der Waals surface area contributed by atoms with Gasteiger partial charge in [-0.2, -0.15) is 4.98 Å². The van der Waals surface area contributed by atoms with Crippen molar-refractivity contribution < 1.29 is 9.32 Å². The van der Waals surface area contributed by atoms with Gasteiger partial charge in [-0.05, 0) is 66.6 Å². The van der Waals surface area contributed by atoms with Crippen molar-refractivity contribution in [2.45, 2.75) is 63.1 Å². The number of hydrogen-bond donors (Lipinski definition) is 1. The first kappa shape index (κ1) is 28.1. The van der Waals surface area contributed by atoms with E-state index in [4.69, 9.17) is 4.52 Å². The molecule has 1 unspecified atom stereocenters. The van der Waals surface area contributed by atoms with Crippen LogP contribution >= 0.6 is 11.8 Å². The third-order valence-corrected chi connectivity index (χ3v) is 8.49. The lowest BCUT2D eigenvalue weighted by Crippen LogP contribution is -2.40. The Hall–Kier alpha value is -3.42. The summed E-state index contributed by atoms with van der Waals surface area (Å²) in [7, 11) is 0. The molecule has 3 aromatic carbocycles. The zero-order valence-electron chi connectivity index (χ0n) is 23.8. The Labute approximate surface area is 241 Å². The maximum absolute atomic E-state index is 13.2. The Bertz CT molecular complexity index is 1430. The number of aryl methyl sites for hydroxylation is 1. The summed E-state index contributed by atoms with van der Waals surface area (Å²) < 4.78 is 5.58. The molecule has 1 fully saturated rings. The van der Waals surface area contributed by atoms with E-state index in [2.05, 4.69) is 96.6 Å². The lowest BCUT2D eigenvalue weighted by molar-refractivity contribution is -0.121. The molecule has 1 amide bonds. The fourth-order valence-corrected chi connectivity index (χ4v) is 5.90. The number of amides is 1. The van der Waals surface area contributed by atoms with Crippen molar-refractivity contribution in [2.24, 2.45) is 5.92 Å². The molecule has 0 saturated carbocycles. The van der Waals surface area contributed by atoms with E-state index < -0.39 is 0 Å². The molecule has 1 atom stereocenters. The summed E-state index contributed by atoms with van der Waals surface area (Å²) in [6.07, 6.45) is 1.84. The zero-order valence-corrected chi connectivity index (χ0v) is 24.6. The van der Waals surface area contributed by atoms with Gasteiger partial charge in [-0.1, -0.05) is 80.5 Å². The van der Waals surface area contributed by atoms with Crippen molar-refractivity contribution in [3.05, 3.63) is 95.4 Å². The Morgan fingerprint density at radius 1 is 1.07 bits per heavy atom. The van der Waals surface area contributed by atoms with Crippen LogP contribution in [0.2, 0.25) is 0 Å². The number of rotatable bonds is 8. The maximum Gasteiger partial charge on any atom is 0.241 e. The SMILES string of the molecule is Cc1cc(CSc2ccccc2)ccc1NC(=O)C1CCCN(Cc2nc(-c3ccc(C(C)(C)C)cc3)no2)C1. The molecule has 1 saturated heterocycles. The fourth-order valence-electron chi connectivity index (χ4n) is 5.03. The Morgan fingerprint density at radius 2 is 1.85 bits per heavy atom. The number of carbonyl (C=O) groups excluding carboxylic acids is 1. The van der Waals surface area contributed by atoms with E-state index in [0.717, 1.165) is 42.0 Å². The van der Waals surface area contributed by atoms with Gasteiger partial charge in [0.2, 0.25) is 17.6 Å². The molecular formula is C33H38N4O2S. The Kier molecular flexibility index (Phi) is 8.72. The standard InChI is InChI=1S/C33H38N4O2S/c1-23-19-24(22-40-28-10-6-5-7-11-28)12-17-29(23)34-32(38)26-9-8-18-37(20-26)21-30-35-31(36-39-30)25-13-15-27(16-14-25)33(2,3)4/h5-7,10-17,19,26H,8-9,18,20-22H2,1-4H3,(H,34,38). The Morgan fingerprint density at radius 3 is 2.58 bits per heavy atom. The summed E-state index contributed by atoms with van der Waals surface area (Å²) in [4.78, 5) is 21.3. The molecule has 7 heteroatoms. The van der Waals surface area contributed by atoms with Crippen molar-refractivity contribution in [2.75, 3.05) is 18.4 Å².